The molecule has 0 spiro atoms. The van der Waals surface area contributed by atoms with Crippen LogP contribution in [0.5, 0.6) is 0 Å². The van der Waals surface area contributed by atoms with E-state index in [9.17, 15) is 0 Å². The molecule has 50 valence electrons. The maximum atomic E-state index is 2.43. The van der Waals surface area contributed by atoms with Crippen LogP contribution >= 0.6 is 0 Å². The van der Waals surface area contributed by atoms with Crippen LogP contribution in [0.1, 0.15) is 26.7 Å². The number of hydrogen-bond donors (Lipinski definition) is 0. The van der Waals surface area contributed by atoms with Gasteiger partial charge in [-0.3, -0.25) is 0 Å². The topological polar surface area (TPSA) is 0 Å². The van der Waals surface area contributed by atoms with Crippen molar-refractivity contribution in [2.45, 2.75) is 26.7 Å². The van der Waals surface area contributed by atoms with Gasteiger partial charge in [0.25, 0.3) is 0 Å². The Kier molecular flexibility index (Phi) is 0.992. The standard InChI is InChI=1S/C9H14/c1-6-3-4-8-5-9(6)7(8)2/h3,7-9H,4-5H2,1-2H3/t7-,8+,9+/m1/s1. The smallest absolute Gasteiger partial charge is 0.0175 e. The lowest BCUT2D eigenvalue weighted by molar-refractivity contribution is 0.104. The Bertz CT molecular complexity index is 155. The van der Waals surface area contributed by atoms with E-state index in [-0.39, 0.29) is 0 Å². The molecule has 0 heterocycles. The average molecular weight is 122 g/mol. The second-order valence-corrected chi connectivity index (χ2v) is 3.65. The molecule has 0 saturated heterocycles. The maximum absolute atomic E-state index is 2.43. The highest BCUT2D eigenvalue weighted by Crippen LogP contribution is 2.49. The highest BCUT2D eigenvalue weighted by atomic mass is 14.4. The minimum absolute atomic E-state index is 0.976. The molecule has 3 aliphatic carbocycles. The van der Waals surface area contributed by atoms with Crippen LogP contribution < -0.4 is 0 Å². The first kappa shape index (κ1) is 5.52. The van der Waals surface area contributed by atoms with Gasteiger partial charge in [0.05, 0.1) is 0 Å². The van der Waals surface area contributed by atoms with E-state index in [1.54, 1.807) is 5.57 Å². The minimum atomic E-state index is 0.976. The van der Waals surface area contributed by atoms with Crippen LogP contribution in [0.25, 0.3) is 0 Å². The lowest BCUT2D eigenvalue weighted by atomic mass is 9.58. The molecule has 0 aromatic rings. The molecular formula is C9H14. The van der Waals surface area contributed by atoms with E-state index in [4.69, 9.17) is 0 Å². The van der Waals surface area contributed by atoms with Crippen molar-refractivity contribution >= 4 is 0 Å². The van der Waals surface area contributed by atoms with Crippen molar-refractivity contribution in [2.75, 3.05) is 0 Å². The Balaban J connectivity index is 2.22. The van der Waals surface area contributed by atoms with Gasteiger partial charge in [0.15, 0.2) is 0 Å². The highest BCUT2D eigenvalue weighted by molar-refractivity contribution is 5.16. The largest absolute Gasteiger partial charge is 0.0850 e. The molecule has 2 bridgehead atoms. The Morgan fingerprint density at radius 3 is 2.67 bits per heavy atom. The molecule has 0 aromatic carbocycles. The second-order valence-electron chi connectivity index (χ2n) is 3.65. The first-order valence-corrected chi connectivity index (χ1v) is 3.95. The Morgan fingerprint density at radius 1 is 1.56 bits per heavy atom. The van der Waals surface area contributed by atoms with Crippen LogP contribution in [0.2, 0.25) is 0 Å². The van der Waals surface area contributed by atoms with Crippen molar-refractivity contribution in [1.29, 1.82) is 0 Å². The third-order valence-electron chi connectivity index (χ3n) is 3.26. The van der Waals surface area contributed by atoms with Crippen LogP contribution in [0.4, 0.5) is 0 Å². The summed E-state index contributed by atoms with van der Waals surface area (Å²) in [6.07, 6.45) is 5.28. The van der Waals surface area contributed by atoms with E-state index in [2.05, 4.69) is 19.9 Å². The van der Waals surface area contributed by atoms with Crippen LogP contribution in [-0.4, -0.2) is 0 Å². The zero-order valence-electron chi connectivity index (χ0n) is 6.22. The van der Waals surface area contributed by atoms with Crippen molar-refractivity contribution in [3.05, 3.63) is 11.6 Å². The van der Waals surface area contributed by atoms with Gasteiger partial charge in [0.2, 0.25) is 0 Å². The summed E-state index contributed by atoms with van der Waals surface area (Å²) in [5.74, 6) is 3.04. The van der Waals surface area contributed by atoms with E-state index in [0.29, 0.717) is 0 Å². The third-order valence-corrected chi connectivity index (χ3v) is 3.26. The van der Waals surface area contributed by atoms with E-state index in [0.717, 1.165) is 17.8 Å². The highest BCUT2D eigenvalue weighted by Gasteiger charge is 2.40. The molecule has 3 aliphatic rings. The average Bonchev–Trinajstić information content (AvgIpc) is 1.86. The van der Waals surface area contributed by atoms with E-state index in [1.807, 2.05) is 0 Å². The van der Waals surface area contributed by atoms with Crippen LogP contribution in [0, 0.1) is 17.8 Å². The molecule has 1 saturated carbocycles. The van der Waals surface area contributed by atoms with Gasteiger partial charge in [-0.1, -0.05) is 18.6 Å². The second kappa shape index (κ2) is 1.62. The minimum Gasteiger partial charge on any atom is -0.0850 e. The summed E-state index contributed by atoms with van der Waals surface area (Å²) in [6, 6.07) is 0. The molecule has 9 heavy (non-hydrogen) atoms. The summed E-state index contributed by atoms with van der Waals surface area (Å²) in [7, 11) is 0. The fraction of sp³-hybridized carbons (Fsp3) is 0.778. The fourth-order valence-corrected chi connectivity index (χ4v) is 2.29. The van der Waals surface area contributed by atoms with Gasteiger partial charge in [-0.25, -0.2) is 0 Å². The molecule has 0 radical (unpaired) electrons. The molecule has 0 aromatic heterocycles. The van der Waals surface area contributed by atoms with E-state index in [1.165, 1.54) is 12.8 Å². The molecule has 3 atom stereocenters. The van der Waals surface area contributed by atoms with Crippen LogP contribution in [0.15, 0.2) is 11.6 Å². The summed E-state index contributed by atoms with van der Waals surface area (Å²) in [5, 5.41) is 0. The summed E-state index contributed by atoms with van der Waals surface area (Å²) in [4.78, 5) is 0. The zero-order chi connectivity index (χ0) is 6.43. The van der Waals surface area contributed by atoms with Gasteiger partial charge < -0.3 is 0 Å². The summed E-state index contributed by atoms with van der Waals surface area (Å²) < 4.78 is 0. The zero-order valence-corrected chi connectivity index (χ0v) is 6.22. The maximum Gasteiger partial charge on any atom is -0.0175 e. The SMILES string of the molecule is CC1=CC[C@H]2C[C@@H]1[C@@H]2C. The first-order valence-electron chi connectivity index (χ1n) is 3.95. The van der Waals surface area contributed by atoms with Crippen molar-refractivity contribution in [1.82, 2.24) is 0 Å². The summed E-state index contributed by atoms with van der Waals surface area (Å²) in [6.45, 7) is 4.69. The number of rotatable bonds is 0. The lowest BCUT2D eigenvalue weighted by Gasteiger charge is -2.47. The molecule has 3 rings (SSSR count). The van der Waals surface area contributed by atoms with Gasteiger partial charge in [-0.15, -0.1) is 0 Å². The molecule has 0 amide bonds. The normalized spacial score (nSPS) is 47.8. The molecule has 0 unspecified atom stereocenters. The molecule has 1 fully saturated rings. The quantitative estimate of drug-likeness (QED) is 0.433. The molecular weight excluding hydrogens is 108 g/mol. The van der Waals surface area contributed by atoms with Gasteiger partial charge in [0, 0.05) is 0 Å². The third kappa shape index (κ3) is 0.593. The molecule has 0 N–H and O–H groups in total. The van der Waals surface area contributed by atoms with Crippen molar-refractivity contribution in [2.24, 2.45) is 17.8 Å². The summed E-state index contributed by atoms with van der Waals surface area (Å²) >= 11 is 0. The van der Waals surface area contributed by atoms with Crippen molar-refractivity contribution < 1.29 is 0 Å². The number of fused-ring (bicyclic) bond motifs is 1. The van der Waals surface area contributed by atoms with Crippen molar-refractivity contribution in [3.8, 4) is 0 Å². The number of hydrogen-bond acceptors (Lipinski definition) is 0. The van der Waals surface area contributed by atoms with Gasteiger partial charge in [-0.2, -0.15) is 0 Å². The van der Waals surface area contributed by atoms with Crippen molar-refractivity contribution in [3.63, 3.8) is 0 Å². The number of allylic oxidation sites excluding steroid dienone is 2. The van der Waals surface area contributed by atoms with Gasteiger partial charge >= 0.3 is 0 Å². The summed E-state index contributed by atoms with van der Waals surface area (Å²) in [5.41, 5.74) is 1.66. The molecule has 0 aliphatic heterocycles. The van der Waals surface area contributed by atoms with E-state index >= 15 is 0 Å². The van der Waals surface area contributed by atoms with Gasteiger partial charge in [-0.05, 0) is 37.5 Å². The van der Waals surface area contributed by atoms with Crippen LogP contribution in [-0.2, 0) is 0 Å². The lowest BCUT2D eigenvalue weighted by Crippen LogP contribution is -2.37. The van der Waals surface area contributed by atoms with Gasteiger partial charge in [0.1, 0.15) is 0 Å². The fourth-order valence-electron chi connectivity index (χ4n) is 2.29. The molecule has 0 heteroatoms. The predicted molar refractivity (Wildman–Crippen MR) is 39.1 cm³/mol. The Morgan fingerprint density at radius 2 is 2.33 bits per heavy atom. The monoisotopic (exact) mass is 122 g/mol. The Hall–Kier alpha value is -0.260. The predicted octanol–water partition coefficient (Wildman–Crippen LogP) is 2.61. The molecule has 0 nitrogen and oxygen atoms in total. The Labute approximate surface area is 57.0 Å². The van der Waals surface area contributed by atoms with E-state index < -0.39 is 0 Å². The first-order chi connectivity index (χ1) is 4.29. The van der Waals surface area contributed by atoms with Crippen LogP contribution in [0.3, 0.4) is 0 Å².